The Bertz CT molecular complexity index is 748. The fraction of sp³-hybridized carbons (Fsp3) is 0.263. The van der Waals surface area contributed by atoms with E-state index in [-0.39, 0.29) is 23.7 Å². The molecule has 1 saturated carbocycles. The number of benzene rings is 2. The summed E-state index contributed by atoms with van der Waals surface area (Å²) in [5.41, 5.74) is 1.82. The molecule has 5 heteroatoms. The van der Waals surface area contributed by atoms with Crippen LogP contribution in [-0.4, -0.2) is 23.8 Å². The highest BCUT2D eigenvalue weighted by Gasteiger charge is 2.49. The van der Waals surface area contributed by atoms with Crippen LogP contribution in [0.25, 0.3) is 0 Å². The Labute approximate surface area is 150 Å². The number of rotatable bonds is 5. The van der Waals surface area contributed by atoms with Gasteiger partial charge in [-0.3, -0.25) is 9.59 Å². The van der Waals surface area contributed by atoms with Crippen LogP contribution >= 0.6 is 15.9 Å². The zero-order valence-corrected chi connectivity index (χ0v) is 15.0. The van der Waals surface area contributed by atoms with Gasteiger partial charge in [-0.2, -0.15) is 0 Å². The van der Waals surface area contributed by atoms with Gasteiger partial charge in [0.1, 0.15) is 0 Å². The minimum absolute atomic E-state index is 0.0335. The number of para-hydroxylation sites is 1. The molecule has 2 aromatic carbocycles. The summed E-state index contributed by atoms with van der Waals surface area (Å²) < 4.78 is 0.836. The summed E-state index contributed by atoms with van der Waals surface area (Å²) in [4.78, 5) is 26.5. The van der Waals surface area contributed by atoms with E-state index in [0.29, 0.717) is 13.0 Å². The molecular weight excluding hydrogens is 368 g/mol. The number of carbonyl (C=O) groups is 2. The minimum Gasteiger partial charge on any atom is -0.341 e. The van der Waals surface area contributed by atoms with Gasteiger partial charge in [0.05, 0.1) is 17.5 Å². The van der Waals surface area contributed by atoms with Crippen LogP contribution in [0.1, 0.15) is 12.0 Å². The van der Waals surface area contributed by atoms with Crippen LogP contribution in [0.4, 0.5) is 5.69 Å². The second kappa shape index (κ2) is 7.18. The second-order valence-corrected chi connectivity index (χ2v) is 6.95. The maximum Gasteiger partial charge on any atom is 0.228 e. The topological polar surface area (TPSA) is 49.4 Å². The zero-order chi connectivity index (χ0) is 17.1. The number of amides is 2. The molecule has 4 nitrogen and oxygen atoms in total. The van der Waals surface area contributed by atoms with Crippen molar-refractivity contribution in [1.82, 2.24) is 4.90 Å². The number of nitrogens with zero attached hydrogens (tertiary/aromatic N) is 1. The van der Waals surface area contributed by atoms with Gasteiger partial charge in [-0.05, 0) is 40.0 Å². The lowest BCUT2D eigenvalue weighted by atomic mass is 10.2. The van der Waals surface area contributed by atoms with E-state index in [1.165, 1.54) is 0 Å². The molecule has 0 spiro atoms. The molecule has 0 bridgehead atoms. The lowest BCUT2D eigenvalue weighted by molar-refractivity contribution is -0.133. The van der Waals surface area contributed by atoms with Crippen molar-refractivity contribution in [1.29, 1.82) is 0 Å². The van der Waals surface area contributed by atoms with E-state index in [9.17, 15) is 9.59 Å². The van der Waals surface area contributed by atoms with E-state index in [1.807, 2.05) is 54.6 Å². The van der Waals surface area contributed by atoms with Crippen molar-refractivity contribution in [3.8, 4) is 0 Å². The van der Waals surface area contributed by atoms with Crippen molar-refractivity contribution in [3.05, 3.63) is 64.6 Å². The van der Waals surface area contributed by atoms with Gasteiger partial charge in [-0.25, -0.2) is 0 Å². The van der Waals surface area contributed by atoms with E-state index < -0.39 is 0 Å². The molecular formula is C19H19BrN2O2. The first-order valence-electron chi connectivity index (χ1n) is 7.90. The Kier molecular flexibility index (Phi) is 5.00. The van der Waals surface area contributed by atoms with Gasteiger partial charge >= 0.3 is 0 Å². The fourth-order valence-corrected chi connectivity index (χ4v) is 3.15. The molecule has 1 aliphatic carbocycles. The van der Waals surface area contributed by atoms with Crippen LogP contribution in [0.3, 0.4) is 0 Å². The molecule has 0 radical (unpaired) electrons. The lowest BCUT2D eigenvalue weighted by Gasteiger charge is -2.17. The number of carbonyl (C=O) groups excluding carboxylic acids is 2. The molecule has 2 aromatic rings. The molecule has 0 aliphatic heterocycles. The summed E-state index contributed by atoms with van der Waals surface area (Å²) in [7, 11) is 1.79. The van der Waals surface area contributed by atoms with Crippen LogP contribution < -0.4 is 5.32 Å². The highest BCUT2D eigenvalue weighted by molar-refractivity contribution is 9.10. The third kappa shape index (κ3) is 3.85. The normalized spacial score (nSPS) is 18.8. The van der Waals surface area contributed by atoms with Crippen molar-refractivity contribution >= 4 is 33.4 Å². The highest BCUT2D eigenvalue weighted by Crippen LogP contribution is 2.41. The van der Waals surface area contributed by atoms with Gasteiger partial charge in [0.25, 0.3) is 0 Å². The summed E-state index contributed by atoms with van der Waals surface area (Å²) in [5.74, 6) is -0.497. The summed E-state index contributed by atoms with van der Waals surface area (Å²) in [6, 6.07) is 17.3. The Morgan fingerprint density at radius 1 is 1.08 bits per heavy atom. The smallest absolute Gasteiger partial charge is 0.228 e. The number of hydrogen-bond donors (Lipinski definition) is 1. The van der Waals surface area contributed by atoms with E-state index in [0.717, 1.165) is 15.7 Å². The predicted octanol–water partition coefficient (Wildman–Crippen LogP) is 3.68. The number of anilines is 1. The van der Waals surface area contributed by atoms with Crippen LogP contribution in [0, 0.1) is 11.8 Å². The van der Waals surface area contributed by atoms with Crippen LogP contribution in [0.2, 0.25) is 0 Å². The number of halogens is 1. The summed E-state index contributed by atoms with van der Waals surface area (Å²) in [6.07, 6.45) is 0.619. The molecule has 124 valence electrons. The van der Waals surface area contributed by atoms with Gasteiger partial charge in [-0.1, -0.05) is 42.5 Å². The number of hydrogen-bond acceptors (Lipinski definition) is 2. The fourth-order valence-electron chi connectivity index (χ4n) is 2.76. The van der Waals surface area contributed by atoms with Crippen LogP contribution in [-0.2, 0) is 16.1 Å². The maximum absolute atomic E-state index is 12.5. The zero-order valence-electron chi connectivity index (χ0n) is 13.4. The molecule has 2 amide bonds. The number of nitrogens with one attached hydrogen (secondary N) is 1. The third-order valence-electron chi connectivity index (χ3n) is 4.21. The Morgan fingerprint density at radius 3 is 2.46 bits per heavy atom. The average Bonchev–Trinajstić information content (AvgIpc) is 3.38. The molecule has 24 heavy (non-hydrogen) atoms. The highest BCUT2D eigenvalue weighted by atomic mass is 79.9. The lowest BCUT2D eigenvalue weighted by Crippen LogP contribution is -2.29. The van der Waals surface area contributed by atoms with Crippen molar-refractivity contribution in [3.63, 3.8) is 0 Å². The van der Waals surface area contributed by atoms with Gasteiger partial charge in [-0.15, -0.1) is 0 Å². The molecule has 0 heterocycles. The summed E-state index contributed by atoms with van der Waals surface area (Å²) >= 11 is 3.41. The standard InChI is InChI=1S/C19H19BrN2O2/c1-22(12-13-7-3-2-4-8-13)19(24)15-11-14(15)18(23)21-17-10-6-5-9-16(17)20/h2-10,14-15H,11-12H2,1H3,(H,21,23). The Balaban J connectivity index is 1.55. The van der Waals surface area contributed by atoms with Gasteiger partial charge in [0.2, 0.25) is 11.8 Å². The molecule has 2 atom stereocenters. The first-order chi connectivity index (χ1) is 11.6. The first kappa shape index (κ1) is 16.7. The largest absolute Gasteiger partial charge is 0.341 e. The van der Waals surface area contributed by atoms with Crippen molar-refractivity contribution in [2.24, 2.45) is 11.8 Å². The van der Waals surface area contributed by atoms with Crippen LogP contribution in [0.5, 0.6) is 0 Å². The van der Waals surface area contributed by atoms with Crippen molar-refractivity contribution in [2.75, 3.05) is 12.4 Å². The molecule has 0 saturated heterocycles. The van der Waals surface area contributed by atoms with Gasteiger partial charge in [0, 0.05) is 18.1 Å². The molecule has 0 aromatic heterocycles. The van der Waals surface area contributed by atoms with Crippen molar-refractivity contribution < 1.29 is 9.59 Å². The Morgan fingerprint density at radius 2 is 1.75 bits per heavy atom. The van der Waals surface area contributed by atoms with E-state index in [4.69, 9.17) is 0 Å². The summed E-state index contributed by atoms with van der Waals surface area (Å²) in [6.45, 7) is 0.564. The SMILES string of the molecule is CN(Cc1ccccc1)C(=O)C1CC1C(=O)Nc1ccccc1Br. The van der Waals surface area contributed by atoms with E-state index in [1.54, 1.807) is 11.9 Å². The molecule has 3 rings (SSSR count). The van der Waals surface area contributed by atoms with E-state index >= 15 is 0 Å². The molecule has 1 aliphatic rings. The van der Waals surface area contributed by atoms with Gasteiger partial charge in [0.15, 0.2) is 0 Å². The predicted molar refractivity (Wildman–Crippen MR) is 97.3 cm³/mol. The van der Waals surface area contributed by atoms with Crippen LogP contribution in [0.15, 0.2) is 59.1 Å². The third-order valence-corrected chi connectivity index (χ3v) is 4.91. The monoisotopic (exact) mass is 386 g/mol. The quantitative estimate of drug-likeness (QED) is 0.851. The summed E-state index contributed by atoms with van der Waals surface area (Å²) in [5, 5.41) is 2.89. The average molecular weight is 387 g/mol. The first-order valence-corrected chi connectivity index (χ1v) is 8.70. The maximum atomic E-state index is 12.5. The second-order valence-electron chi connectivity index (χ2n) is 6.10. The van der Waals surface area contributed by atoms with Gasteiger partial charge < -0.3 is 10.2 Å². The minimum atomic E-state index is -0.233. The van der Waals surface area contributed by atoms with E-state index in [2.05, 4.69) is 21.2 Å². The Hall–Kier alpha value is -2.14. The van der Waals surface area contributed by atoms with Crippen molar-refractivity contribution in [2.45, 2.75) is 13.0 Å². The molecule has 1 N–H and O–H groups in total. The molecule has 1 fully saturated rings. The molecule has 2 unspecified atom stereocenters.